The van der Waals surface area contributed by atoms with Crippen molar-refractivity contribution < 1.29 is 0 Å². The summed E-state index contributed by atoms with van der Waals surface area (Å²) in [6.45, 7) is 7.46. The highest BCUT2D eigenvalue weighted by Gasteiger charge is 2.12. The van der Waals surface area contributed by atoms with E-state index in [0.717, 1.165) is 38.4 Å². The molecular formula is C13H18N4. The van der Waals surface area contributed by atoms with Crippen LogP contribution in [-0.4, -0.2) is 40.7 Å². The minimum atomic E-state index is 0.986. The van der Waals surface area contributed by atoms with Gasteiger partial charge < -0.3 is 5.32 Å². The van der Waals surface area contributed by atoms with Gasteiger partial charge in [-0.05, 0) is 25.1 Å². The van der Waals surface area contributed by atoms with Crippen molar-refractivity contribution in [1.29, 1.82) is 0 Å². The predicted octanol–water partition coefficient (Wildman–Crippen LogP) is 1.05. The van der Waals surface area contributed by atoms with Gasteiger partial charge in [0.25, 0.3) is 0 Å². The summed E-state index contributed by atoms with van der Waals surface area (Å²) in [5.41, 5.74) is 3.55. The van der Waals surface area contributed by atoms with Gasteiger partial charge in [-0.2, -0.15) is 5.10 Å². The number of fused-ring (bicyclic) bond motifs is 1. The number of hydrogen-bond acceptors (Lipinski definition) is 3. The topological polar surface area (TPSA) is 32.6 Å². The number of nitrogens with zero attached hydrogens (tertiary/aromatic N) is 3. The maximum absolute atomic E-state index is 4.55. The highest BCUT2D eigenvalue weighted by molar-refractivity contribution is 5.48. The molecule has 1 fully saturated rings. The first-order chi connectivity index (χ1) is 8.33. The molecule has 0 spiro atoms. The van der Waals surface area contributed by atoms with Gasteiger partial charge in [-0.15, -0.1) is 0 Å². The van der Waals surface area contributed by atoms with Crippen LogP contribution in [0.5, 0.6) is 0 Å². The highest BCUT2D eigenvalue weighted by Crippen LogP contribution is 2.11. The van der Waals surface area contributed by atoms with Crippen molar-refractivity contribution in [2.45, 2.75) is 13.5 Å². The molecule has 0 unspecified atom stereocenters. The van der Waals surface area contributed by atoms with Crippen molar-refractivity contribution in [2.75, 3.05) is 26.2 Å². The Labute approximate surface area is 101 Å². The van der Waals surface area contributed by atoms with Gasteiger partial charge >= 0.3 is 0 Å². The van der Waals surface area contributed by atoms with E-state index in [9.17, 15) is 0 Å². The zero-order chi connectivity index (χ0) is 11.7. The van der Waals surface area contributed by atoms with E-state index in [1.807, 2.05) is 6.92 Å². The Morgan fingerprint density at radius 2 is 2.12 bits per heavy atom. The number of aryl methyl sites for hydroxylation is 1. The van der Waals surface area contributed by atoms with Gasteiger partial charge in [0.05, 0.1) is 16.9 Å². The molecule has 0 atom stereocenters. The van der Waals surface area contributed by atoms with Gasteiger partial charge in [0.2, 0.25) is 0 Å². The Morgan fingerprint density at radius 3 is 2.94 bits per heavy atom. The number of piperazine rings is 1. The fraction of sp³-hybridized carbons (Fsp3) is 0.462. The standard InChI is InChI=1S/C13H18N4/c1-11-9-12-3-2-4-13(17(12)15-11)10-16-7-5-14-6-8-16/h2-4,9,14H,5-8,10H2,1H3. The van der Waals surface area contributed by atoms with Crippen molar-refractivity contribution >= 4 is 5.52 Å². The second kappa shape index (κ2) is 4.47. The van der Waals surface area contributed by atoms with Crippen LogP contribution in [0.2, 0.25) is 0 Å². The first kappa shape index (κ1) is 10.7. The van der Waals surface area contributed by atoms with Gasteiger partial charge in [0.15, 0.2) is 0 Å². The minimum absolute atomic E-state index is 0.986. The normalized spacial score (nSPS) is 17.7. The SMILES string of the molecule is Cc1cc2cccc(CN3CCNCC3)n2n1. The number of pyridine rings is 1. The molecule has 17 heavy (non-hydrogen) atoms. The fourth-order valence-corrected chi connectivity index (χ4v) is 2.41. The van der Waals surface area contributed by atoms with Crippen molar-refractivity contribution in [1.82, 2.24) is 19.8 Å². The number of hydrogen-bond donors (Lipinski definition) is 1. The molecule has 2 aromatic rings. The van der Waals surface area contributed by atoms with Gasteiger partial charge in [-0.1, -0.05) is 6.07 Å². The molecule has 0 amide bonds. The molecule has 4 nitrogen and oxygen atoms in total. The third kappa shape index (κ3) is 2.18. The lowest BCUT2D eigenvalue weighted by molar-refractivity contribution is 0.229. The molecule has 1 aliphatic heterocycles. The molecule has 1 N–H and O–H groups in total. The van der Waals surface area contributed by atoms with Crippen molar-refractivity contribution in [3.05, 3.63) is 35.7 Å². The second-order valence-electron chi connectivity index (χ2n) is 4.67. The lowest BCUT2D eigenvalue weighted by atomic mass is 10.2. The molecule has 4 heteroatoms. The summed E-state index contributed by atoms with van der Waals surface area (Å²) in [7, 11) is 0. The van der Waals surface area contributed by atoms with Crippen LogP contribution < -0.4 is 5.32 Å². The summed E-state index contributed by atoms with van der Waals surface area (Å²) in [6, 6.07) is 8.53. The quantitative estimate of drug-likeness (QED) is 0.837. The van der Waals surface area contributed by atoms with E-state index in [-0.39, 0.29) is 0 Å². The zero-order valence-electron chi connectivity index (χ0n) is 10.2. The molecule has 1 aliphatic rings. The van der Waals surface area contributed by atoms with Crippen LogP contribution in [0.25, 0.3) is 5.52 Å². The Kier molecular flexibility index (Phi) is 2.82. The molecular weight excluding hydrogens is 212 g/mol. The Morgan fingerprint density at radius 1 is 1.29 bits per heavy atom. The van der Waals surface area contributed by atoms with Gasteiger partial charge in [-0.3, -0.25) is 4.90 Å². The van der Waals surface area contributed by atoms with Crippen LogP contribution in [0.1, 0.15) is 11.4 Å². The third-order valence-corrected chi connectivity index (χ3v) is 3.28. The largest absolute Gasteiger partial charge is 0.314 e. The van der Waals surface area contributed by atoms with E-state index in [0.29, 0.717) is 0 Å². The summed E-state index contributed by atoms with van der Waals surface area (Å²) < 4.78 is 2.07. The third-order valence-electron chi connectivity index (χ3n) is 3.28. The van der Waals surface area contributed by atoms with E-state index in [1.165, 1.54) is 11.2 Å². The first-order valence-corrected chi connectivity index (χ1v) is 6.20. The minimum Gasteiger partial charge on any atom is -0.314 e. The summed E-state index contributed by atoms with van der Waals surface area (Å²) in [5, 5.41) is 7.93. The van der Waals surface area contributed by atoms with E-state index < -0.39 is 0 Å². The van der Waals surface area contributed by atoms with E-state index in [1.54, 1.807) is 0 Å². The van der Waals surface area contributed by atoms with Gasteiger partial charge in [0.1, 0.15) is 0 Å². The summed E-state index contributed by atoms with van der Waals surface area (Å²) >= 11 is 0. The number of nitrogens with one attached hydrogen (secondary N) is 1. The lowest BCUT2D eigenvalue weighted by Crippen LogP contribution is -2.43. The fourth-order valence-electron chi connectivity index (χ4n) is 2.41. The van der Waals surface area contributed by atoms with Crippen LogP contribution in [0.3, 0.4) is 0 Å². The van der Waals surface area contributed by atoms with Crippen LogP contribution >= 0.6 is 0 Å². The highest BCUT2D eigenvalue weighted by atomic mass is 15.3. The Bertz CT molecular complexity index is 511. The summed E-state index contributed by atoms with van der Waals surface area (Å²) in [5.74, 6) is 0. The van der Waals surface area contributed by atoms with Gasteiger partial charge in [0, 0.05) is 32.7 Å². The molecule has 0 bridgehead atoms. The zero-order valence-corrected chi connectivity index (χ0v) is 10.2. The van der Waals surface area contributed by atoms with Crippen LogP contribution in [0.15, 0.2) is 24.3 Å². The lowest BCUT2D eigenvalue weighted by Gasteiger charge is -2.27. The van der Waals surface area contributed by atoms with Crippen LogP contribution in [-0.2, 0) is 6.54 Å². The average molecular weight is 230 g/mol. The molecule has 1 saturated heterocycles. The van der Waals surface area contributed by atoms with Crippen molar-refractivity contribution in [3.8, 4) is 0 Å². The predicted molar refractivity (Wildman–Crippen MR) is 68.1 cm³/mol. The molecule has 3 heterocycles. The Balaban J connectivity index is 1.88. The molecule has 0 aliphatic carbocycles. The number of rotatable bonds is 2. The maximum Gasteiger partial charge on any atom is 0.0668 e. The van der Waals surface area contributed by atoms with E-state index >= 15 is 0 Å². The number of aromatic nitrogens is 2. The molecule has 0 aromatic carbocycles. The van der Waals surface area contributed by atoms with Crippen molar-refractivity contribution in [2.24, 2.45) is 0 Å². The van der Waals surface area contributed by atoms with Gasteiger partial charge in [-0.25, -0.2) is 4.52 Å². The average Bonchev–Trinajstić information content (AvgIpc) is 2.72. The molecule has 0 radical (unpaired) electrons. The second-order valence-corrected chi connectivity index (χ2v) is 4.67. The van der Waals surface area contributed by atoms with Crippen LogP contribution in [0, 0.1) is 6.92 Å². The summed E-state index contributed by atoms with van der Waals surface area (Å²) in [6.07, 6.45) is 0. The monoisotopic (exact) mass is 230 g/mol. The molecule has 3 rings (SSSR count). The molecule has 90 valence electrons. The molecule has 2 aromatic heterocycles. The van der Waals surface area contributed by atoms with E-state index in [2.05, 4.69) is 44.1 Å². The van der Waals surface area contributed by atoms with Crippen LogP contribution in [0.4, 0.5) is 0 Å². The maximum atomic E-state index is 4.55. The van der Waals surface area contributed by atoms with E-state index in [4.69, 9.17) is 0 Å². The molecule has 0 saturated carbocycles. The summed E-state index contributed by atoms with van der Waals surface area (Å²) in [4.78, 5) is 2.47. The smallest absolute Gasteiger partial charge is 0.0668 e. The van der Waals surface area contributed by atoms with Crippen molar-refractivity contribution in [3.63, 3.8) is 0 Å². The first-order valence-electron chi connectivity index (χ1n) is 6.20. The Hall–Kier alpha value is -1.39.